The summed E-state index contributed by atoms with van der Waals surface area (Å²) in [6, 6.07) is 8.19. The Morgan fingerprint density at radius 1 is 1.11 bits per heavy atom. The van der Waals surface area contributed by atoms with Gasteiger partial charge in [0.15, 0.2) is 0 Å². The number of rotatable bonds is 8. The van der Waals surface area contributed by atoms with Gasteiger partial charge in [0.25, 0.3) is 0 Å². The zero-order valence-corrected chi connectivity index (χ0v) is 12.6. The van der Waals surface area contributed by atoms with Crippen LogP contribution in [-0.2, 0) is 9.47 Å². The van der Waals surface area contributed by atoms with Gasteiger partial charge in [0.2, 0.25) is 0 Å². The lowest BCUT2D eigenvalue weighted by atomic mass is 9.99. The third-order valence-corrected chi connectivity index (χ3v) is 2.95. The zero-order chi connectivity index (χ0) is 14.3. The number of ether oxygens (including phenoxy) is 2. The van der Waals surface area contributed by atoms with E-state index in [-0.39, 0.29) is 12.1 Å². The molecule has 2 unspecified atom stereocenters. The van der Waals surface area contributed by atoms with E-state index in [1.165, 1.54) is 11.1 Å². The van der Waals surface area contributed by atoms with E-state index in [4.69, 9.17) is 15.2 Å². The normalized spacial score (nSPS) is 14.6. The summed E-state index contributed by atoms with van der Waals surface area (Å²) in [6.45, 7) is 10.3. The van der Waals surface area contributed by atoms with E-state index in [2.05, 4.69) is 32.9 Å². The molecule has 0 aliphatic heterocycles. The van der Waals surface area contributed by atoms with Gasteiger partial charge in [-0.15, -0.1) is 0 Å². The molecule has 3 heteroatoms. The van der Waals surface area contributed by atoms with Crippen molar-refractivity contribution in [2.75, 3.05) is 19.8 Å². The molecule has 1 aromatic rings. The van der Waals surface area contributed by atoms with Crippen molar-refractivity contribution >= 4 is 0 Å². The molecule has 108 valence electrons. The van der Waals surface area contributed by atoms with Gasteiger partial charge in [-0.2, -0.15) is 0 Å². The van der Waals surface area contributed by atoms with Crippen LogP contribution in [-0.4, -0.2) is 25.9 Å². The van der Waals surface area contributed by atoms with Crippen LogP contribution < -0.4 is 5.73 Å². The monoisotopic (exact) mass is 265 g/mol. The Balaban J connectivity index is 2.48. The molecule has 0 aliphatic carbocycles. The lowest BCUT2D eigenvalue weighted by molar-refractivity contribution is -0.00981. The first-order chi connectivity index (χ1) is 9.02. The van der Waals surface area contributed by atoms with Crippen molar-refractivity contribution in [1.82, 2.24) is 0 Å². The second-order valence-corrected chi connectivity index (χ2v) is 5.48. The highest BCUT2D eigenvalue weighted by Crippen LogP contribution is 2.23. The van der Waals surface area contributed by atoms with Gasteiger partial charge in [-0.25, -0.2) is 0 Å². The highest BCUT2D eigenvalue weighted by molar-refractivity contribution is 5.28. The summed E-state index contributed by atoms with van der Waals surface area (Å²) in [4.78, 5) is 0. The molecule has 0 fully saturated rings. The molecule has 0 amide bonds. The fraction of sp³-hybridized carbons (Fsp3) is 0.625. The van der Waals surface area contributed by atoms with Crippen LogP contribution in [0.4, 0.5) is 0 Å². The first kappa shape index (κ1) is 16.2. The summed E-state index contributed by atoms with van der Waals surface area (Å²) in [5.74, 6) is 0.556. The van der Waals surface area contributed by atoms with Crippen LogP contribution in [0.3, 0.4) is 0 Å². The molecule has 1 aromatic carbocycles. The number of benzene rings is 1. The number of aryl methyl sites for hydroxylation is 1. The number of nitrogens with two attached hydrogens (primary N) is 1. The Morgan fingerprint density at radius 2 is 1.79 bits per heavy atom. The van der Waals surface area contributed by atoms with Crippen LogP contribution in [0.5, 0.6) is 0 Å². The largest absolute Gasteiger partial charge is 0.379 e. The highest BCUT2D eigenvalue weighted by atomic mass is 16.5. The van der Waals surface area contributed by atoms with Crippen molar-refractivity contribution in [2.45, 2.75) is 39.8 Å². The molecule has 0 saturated heterocycles. The molecule has 1 rings (SSSR count). The van der Waals surface area contributed by atoms with Gasteiger partial charge < -0.3 is 15.2 Å². The molecule has 0 saturated carbocycles. The second-order valence-electron chi connectivity index (χ2n) is 5.48. The molecule has 2 N–H and O–H groups in total. The maximum atomic E-state index is 6.03. The SMILES string of the molecule is Cc1ccccc1C(OCCOCC(C)C)C(C)N. The molecular weight excluding hydrogens is 238 g/mol. The molecule has 19 heavy (non-hydrogen) atoms. The van der Waals surface area contributed by atoms with E-state index in [1.807, 2.05) is 19.1 Å². The Labute approximate surface area is 117 Å². The van der Waals surface area contributed by atoms with Crippen molar-refractivity contribution < 1.29 is 9.47 Å². The van der Waals surface area contributed by atoms with Crippen LogP contribution in [0.2, 0.25) is 0 Å². The number of hydrogen-bond acceptors (Lipinski definition) is 3. The zero-order valence-electron chi connectivity index (χ0n) is 12.6. The van der Waals surface area contributed by atoms with Gasteiger partial charge in [0.05, 0.1) is 19.3 Å². The highest BCUT2D eigenvalue weighted by Gasteiger charge is 2.18. The molecule has 0 radical (unpaired) electrons. The predicted molar refractivity (Wildman–Crippen MR) is 79.2 cm³/mol. The van der Waals surface area contributed by atoms with E-state index in [9.17, 15) is 0 Å². The van der Waals surface area contributed by atoms with Crippen LogP contribution in [0, 0.1) is 12.8 Å². The minimum absolute atomic E-state index is 0.0359. The van der Waals surface area contributed by atoms with Gasteiger partial charge in [-0.05, 0) is 30.9 Å². The fourth-order valence-electron chi connectivity index (χ4n) is 1.98. The summed E-state index contributed by atoms with van der Waals surface area (Å²) in [7, 11) is 0. The third-order valence-electron chi connectivity index (χ3n) is 2.95. The molecule has 0 heterocycles. The Kier molecular flexibility index (Phi) is 7.06. The average molecular weight is 265 g/mol. The Bertz CT molecular complexity index is 364. The molecule has 0 spiro atoms. The summed E-state index contributed by atoms with van der Waals surface area (Å²) in [5.41, 5.74) is 8.42. The topological polar surface area (TPSA) is 44.5 Å². The quantitative estimate of drug-likeness (QED) is 0.735. The standard InChI is InChI=1S/C16H27NO2/c1-12(2)11-18-9-10-19-16(14(4)17)15-8-6-5-7-13(15)3/h5-8,12,14,16H,9-11,17H2,1-4H3. The fourth-order valence-corrected chi connectivity index (χ4v) is 1.98. The van der Waals surface area contributed by atoms with Gasteiger partial charge in [-0.1, -0.05) is 38.1 Å². The lowest BCUT2D eigenvalue weighted by Crippen LogP contribution is -2.28. The van der Waals surface area contributed by atoms with Crippen LogP contribution in [0.15, 0.2) is 24.3 Å². The molecule has 0 aromatic heterocycles. The molecule has 3 nitrogen and oxygen atoms in total. The summed E-state index contributed by atoms with van der Waals surface area (Å²) < 4.78 is 11.4. The predicted octanol–water partition coefficient (Wildman–Crippen LogP) is 3.07. The van der Waals surface area contributed by atoms with Crippen molar-refractivity contribution in [1.29, 1.82) is 0 Å². The summed E-state index contributed by atoms with van der Waals surface area (Å²) >= 11 is 0. The summed E-state index contributed by atoms with van der Waals surface area (Å²) in [6.07, 6.45) is -0.0659. The van der Waals surface area contributed by atoms with Gasteiger partial charge in [0, 0.05) is 12.6 Å². The minimum atomic E-state index is -0.0659. The van der Waals surface area contributed by atoms with Crippen molar-refractivity contribution in [3.05, 3.63) is 35.4 Å². The van der Waals surface area contributed by atoms with E-state index in [0.717, 1.165) is 6.61 Å². The van der Waals surface area contributed by atoms with Gasteiger partial charge >= 0.3 is 0 Å². The van der Waals surface area contributed by atoms with E-state index in [1.54, 1.807) is 0 Å². The third kappa shape index (κ3) is 5.72. The maximum absolute atomic E-state index is 6.03. The molecule has 0 aliphatic rings. The minimum Gasteiger partial charge on any atom is -0.379 e. The Morgan fingerprint density at radius 3 is 2.37 bits per heavy atom. The van der Waals surface area contributed by atoms with Crippen LogP contribution >= 0.6 is 0 Å². The smallest absolute Gasteiger partial charge is 0.0976 e. The van der Waals surface area contributed by atoms with Gasteiger partial charge in [0.1, 0.15) is 0 Å². The van der Waals surface area contributed by atoms with Crippen molar-refractivity contribution in [2.24, 2.45) is 11.7 Å². The first-order valence-corrected chi connectivity index (χ1v) is 7.02. The molecular formula is C16H27NO2. The average Bonchev–Trinajstić information content (AvgIpc) is 2.34. The van der Waals surface area contributed by atoms with E-state index in [0.29, 0.717) is 19.1 Å². The van der Waals surface area contributed by atoms with E-state index < -0.39 is 0 Å². The van der Waals surface area contributed by atoms with E-state index >= 15 is 0 Å². The molecule has 0 bridgehead atoms. The molecule has 2 atom stereocenters. The van der Waals surface area contributed by atoms with Crippen LogP contribution in [0.1, 0.15) is 38.0 Å². The lowest BCUT2D eigenvalue weighted by Gasteiger charge is -2.23. The Hall–Kier alpha value is -0.900. The van der Waals surface area contributed by atoms with Crippen LogP contribution in [0.25, 0.3) is 0 Å². The summed E-state index contributed by atoms with van der Waals surface area (Å²) in [5, 5.41) is 0. The second kappa shape index (κ2) is 8.31. The maximum Gasteiger partial charge on any atom is 0.0976 e. The van der Waals surface area contributed by atoms with Crippen molar-refractivity contribution in [3.63, 3.8) is 0 Å². The number of hydrogen-bond donors (Lipinski definition) is 1. The first-order valence-electron chi connectivity index (χ1n) is 7.02. The van der Waals surface area contributed by atoms with Gasteiger partial charge in [-0.3, -0.25) is 0 Å². The van der Waals surface area contributed by atoms with Crippen molar-refractivity contribution in [3.8, 4) is 0 Å².